The zero-order valence-electron chi connectivity index (χ0n) is 20.2. The van der Waals surface area contributed by atoms with E-state index in [0.717, 1.165) is 16.8 Å². The second-order valence-corrected chi connectivity index (χ2v) is 9.16. The smallest absolute Gasteiger partial charge is 0.254 e. The zero-order valence-corrected chi connectivity index (χ0v) is 20.2. The van der Waals surface area contributed by atoms with Gasteiger partial charge in [-0.2, -0.15) is 0 Å². The quantitative estimate of drug-likeness (QED) is 0.480. The molecule has 0 spiro atoms. The standard InChI is InChI=1S/C30H27FN2O3/c1-18-27(30(35)33-23-12-10-22(31)11-13-23)28(20-8-14-24(36-2)15-9-20)29-25(32-18)16-21(17-26(29)34)19-6-4-3-5-7-19/h3-15,21,28,32H,16-17H2,1-2H3,(H,33,35)/t21-,28+/m0/s1. The molecule has 0 saturated heterocycles. The average Bonchev–Trinajstić information content (AvgIpc) is 2.89. The molecule has 3 aromatic carbocycles. The minimum atomic E-state index is -0.531. The van der Waals surface area contributed by atoms with E-state index in [1.807, 2.05) is 49.4 Å². The van der Waals surface area contributed by atoms with Crippen LogP contribution in [0.2, 0.25) is 0 Å². The van der Waals surface area contributed by atoms with Gasteiger partial charge in [-0.25, -0.2) is 4.39 Å². The Bertz CT molecular complexity index is 1360. The topological polar surface area (TPSA) is 67.4 Å². The molecule has 5 rings (SSSR count). The van der Waals surface area contributed by atoms with Gasteiger partial charge in [-0.3, -0.25) is 9.59 Å². The number of carbonyl (C=O) groups excluding carboxylic acids is 2. The number of hydrogen-bond acceptors (Lipinski definition) is 4. The van der Waals surface area contributed by atoms with Crippen LogP contribution in [0.1, 0.15) is 42.7 Å². The average molecular weight is 483 g/mol. The first-order valence-corrected chi connectivity index (χ1v) is 11.9. The van der Waals surface area contributed by atoms with Crippen molar-refractivity contribution in [3.63, 3.8) is 0 Å². The van der Waals surface area contributed by atoms with Gasteiger partial charge in [-0.1, -0.05) is 42.5 Å². The molecule has 0 radical (unpaired) electrons. The highest BCUT2D eigenvalue weighted by molar-refractivity contribution is 6.10. The maximum atomic E-state index is 13.7. The summed E-state index contributed by atoms with van der Waals surface area (Å²) in [5, 5.41) is 6.26. The molecule has 0 saturated carbocycles. The maximum Gasteiger partial charge on any atom is 0.254 e. The summed E-state index contributed by atoms with van der Waals surface area (Å²) in [6.45, 7) is 1.86. The fraction of sp³-hybridized carbons (Fsp3) is 0.200. The Labute approximate surface area is 209 Å². The lowest BCUT2D eigenvalue weighted by molar-refractivity contribution is -0.116. The normalized spacial score (nSPS) is 19.5. The Morgan fingerprint density at radius 3 is 2.31 bits per heavy atom. The van der Waals surface area contributed by atoms with Gasteiger partial charge in [-0.15, -0.1) is 0 Å². The van der Waals surface area contributed by atoms with Crippen molar-refractivity contribution in [1.82, 2.24) is 5.32 Å². The molecule has 2 aliphatic rings. The second kappa shape index (κ2) is 9.82. The summed E-state index contributed by atoms with van der Waals surface area (Å²) in [4.78, 5) is 27.2. The molecule has 0 bridgehead atoms. The SMILES string of the molecule is COc1ccc([C@@H]2C(C(=O)Nc3ccc(F)cc3)=C(C)NC3=C2C(=O)C[C@@H](c2ccccc2)C3)cc1. The molecular formula is C30H27FN2O3. The van der Waals surface area contributed by atoms with Gasteiger partial charge in [0.1, 0.15) is 11.6 Å². The van der Waals surface area contributed by atoms with Crippen LogP contribution in [0.3, 0.4) is 0 Å². The number of ether oxygens (including phenoxy) is 1. The first-order chi connectivity index (χ1) is 17.4. The third-order valence-corrected chi connectivity index (χ3v) is 6.89. The van der Waals surface area contributed by atoms with Gasteiger partial charge in [0.05, 0.1) is 7.11 Å². The lowest BCUT2D eigenvalue weighted by Crippen LogP contribution is -2.37. The highest BCUT2D eigenvalue weighted by Crippen LogP contribution is 2.45. The van der Waals surface area contributed by atoms with E-state index < -0.39 is 5.92 Å². The van der Waals surface area contributed by atoms with Crippen LogP contribution in [-0.2, 0) is 9.59 Å². The molecule has 1 amide bonds. The van der Waals surface area contributed by atoms with Crippen LogP contribution < -0.4 is 15.4 Å². The number of dihydropyridines is 1. The van der Waals surface area contributed by atoms with Crippen molar-refractivity contribution in [2.75, 3.05) is 12.4 Å². The van der Waals surface area contributed by atoms with Crippen molar-refractivity contribution in [2.24, 2.45) is 0 Å². The first kappa shape index (κ1) is 23.5. The summed E-state index contributed by atoms with van der Waals surface area (Å²) in [6.07, 6.45) is 1.06. The number of nitrogens with one attached hydrogen (secondary N) is 2. The highest BCUT2D eigenvalue weighted by Gasteiger charge is 2.40. The monoisotopic (exact) mass is 482 g/mol. The Kier molecular flexibility index (Phi) is 6.42. The van der Waals surface area contributed by atoms with Crippen molar-refractivity contribution in [3.8, 4) is 5.75 Å². The fourth-order valence-corrected chi connectivity index (χ4v) is 5.16. The lowest BCUT2D eigenvalue weighted by atomic mass is 9.71. The number of methoxy groups -OCH3 is 1. The van der Waals surface area contributed by atoms with E-state index in [2.05, 4.69) is 22.8 Å². The van der Waals surface area contributed by atoms with Crippen LogP contribution >= 0.6 is 0 Å². The third-order valence-electron chi connectivity index (χ3n) is 6.89. The van der Waals surface area contributed by atoms with Crippen LogP contribution in [0, 0.1) is 5.82 Å². The molecule has 6 heteroatoms. The largest absolute Gasteiger partial charge is 0.497 e. The zero-order chi connectivity index (χ0) is 25.2. The number of carbonyl (C=O) groups is 2. The molecule has 2 N–H and O–H groups in total. The van der Waals surface area contributed by atoms with E-state index in [4.69, 9.17) is 4.74 Å². The number of amides is 1. The Morgan fingerprint density at radius 2 is 1.64 bits per heavy atom. The van der Waals surface area contributed by atoms with Crippen molar-refractivity contribution < 1.29 is 18.7 Å². The molecule has 0 unspecified atom stereocenters. The minimum absolute atomic E-state index is 0.0259. The maximum absolute atomic E-state index is 13.7. The van der Waals surface area contributed by atoms with E-state index in [9.17, 15) is 14.0 Å². The molecular weight excluding hydrogens is 455 g/mol. The summed E-state index contributed by atoms with van der Waals surface area (Å²) >= 11 is 0. The summed E-state index contributed by atoms with van der Waals surface area (Å²) in [6, 6.07) is 23.1. The van der Waals surface area contributed by atoms with Crippen LogP contribution in [-0.4, -0.2) is 18.8 Å². The molecule has 2 atom stereocenters. The number of benzene rings is 3. The van der Waals surface area contributed by atoms with Crippen LogP contribution in [0.15, 0.2) is 101 Å². The molecule has 5 nitrogen and oxygen atoms in total. The number of allylic oxidation sites excluding steroid dienone is 3. The molecule has 0 fully saturated rings. The number of anilines is 1. The minimum Gasteiger partial charge on any atom is -0.497 e. The molecule has 1 heterocycles. The highest BCUT2D eigenvalue weighted by atomic mass is 19.1. The second-order valence-electron chi connectivity index (χ2n) is 9.16. The number of hydrogen-bond donors (Lipinski definition) is 2. The van der Waals surface area contributed by atoms with Crippen LogP contribution in [0.25, 0.3) is 0 Å². The van der Waals surface area contributed by atoms with Gasteiger partial charge < -0.3 is 15.4 Å². The van der Waals surface area contributed by atoms with E-state index >= 15 is 0 Å². The summed E-state index contributed by atoms with van der Waals surface area (Å²) in [5.74, 6) is -0.455. The molecule has 1 aliphatic heterocycles. The first-order valence-electron chi connectivity index (χ1n) is 11.9. The number of rotatable bonds is 5. The summed E-state index contributed by atoms with van der Waals surface area (Å²) in [7, 11) is 1.60. The van der Waals surface area contributed by atoms with E-state index in [0.29, 0.717) is 41.1 Å². The van der Waals surface area contributed by atoms with Gasteiger partial charge in [-0.05, 0) is 66.8 Å². The summed E-state index contributed by atoms with van der Waals surface area (Å²) < 4.78 is 18.7. The number of ketones is 1. The lowest BCUT2D eigenvalue weighted by Gasteiger charge is -2.37. The Balaban J connectivity index is 1.55. The third kappa shape index (κ3) is 4.54. The van der Waals surface area contributed by atoms with Crippen molar-refractivity contribution in [3.05, 3.63) is 118 Å². The van der Waals surface area contributed by atoms with Crippen molar-refractivity contribution in [1.29, 1.82) is 0 Å². The number of Topliss-reactive ketones (excluding diaryl/α,β-unsaturated/α-hetero) is 1. The van der Waals surface area contributed by atoms with E-state index in [-0.39, 0.29) is 23.4 Å². The Hall–Kier alpha value is -4.19. The predicted octanol–water partition coefficient (Wildman–Crippen LogP) is 5.83. The van der Waals surface area contributed by atoms with Crippen LogP contribution in [0.5, 0.6) is 5.75 Å². The predicted molar refractivity (Wildman–Crippen MR) is 137 cm³/mol. The Morgan fingerprint density at radius 1 is 0.944 bits per heavy atom. The van der Waals surface area contributed by atoms with Gasteiger partial charge in [0.15, 0.2) is 5.78 Å². The van der Waals surface area contributed by atoms with Crippen molar-refractivity contribution in [2.45, 2.75) is 31.6 Å². The fourth-order valence-electron chi connectivity index (χ4n) is 5.16. The van der Waals surface area contributed by atoms with Crippen molar-refractivity contribution >= 4 is 17.4 Å². The molecule has 182 valence electrons. The van der Waals surface area contributed by atoms with E-state index in [1.165, 1.54) is 24.3 Å². The molecule has 0 aromatic heterocycles. The van der Waals surface area contributed by atoms with Crippen LogP contribution in [0.4, 0.5) is 10.1 Å². The summed E-state index contributed by atoms with van der Waals surface area (Å²) in [5.41, 5.74) is 5.08. The molecule has 1 aliphatic carbocycles. The van der Waals surface area contributed by atoms with Gasteiger partial charge in [0.25, 0.3) is 5.91 Å². The number of halogens is 1. The van der Waals surface area contributed by atoms with Gasteiger partial charge in [0.2, 0.25) is 0 Å². The molecule has 3 aromatic rings. The van der Waals surface area contributed by atoms with Gasteiger partial charge in [0, 0.05) is 40.6 Å². The van der Waals surface area contributed by atoms with Gasteiger partial charge >= 0.3 is 0 Å². The van der Waals surface area contributed by atoms with E-state index in [1.54, 1.807) is 7.11 Å². The molecule has 36 heavy (non-hydrogen) atoms.